The lowest BCUT2D eigenvalue weighted by atomic mass is 10.1. The lowest BCUT2D eigenvalue weighted by Gasteiger charge is -1.95. The minimum Gasteiger partial charge on any atom is -0.330 e. The normalized spacial score (nSPS) is 9.70. The van der Waals surface area contributed by atoms with E-state index in [2.05, 4.69) is 5.18 Å². The SMILES string of the molecule is NCCCCCCCN=O. The van der Waals surface area contributed by atoms with Crippen molar-refractivity contribution in [1.82, 2.24) is 0 Å². The van der Waals surface area contributed by atoms with E-state index in [1.807, 2.05) is 0 Å². The highest BCUT2D eigenvalue weighted by Gasteiger charge is 1.88. The van der Waals surface area contributed by atoms with Crippen LogP contribution in [0.5, 0.6) is 0 Å². The van der Waals surface area contributed by atoms with E-state index in [-0.39, 0.29) is 0 Å². The van der Waals surface area contributed by atoms with Crippen LogP contribution in [0.3, 0.4) is 0 Å². The smallest absolute Gasteiger partial charge is 0.0811 e. The maximum absolute atomic E-state index is 9.62. The van der Waals surface area contributed by atoms with Gasteiger partial charge in [-0.2, -0.15) is 4.91 Å². The molecule has 60 valence electrons. The van der Waals surface area contributed by atoms with Gasteiger partial charge in [-0.3, -0.25) is 0 Å². The number of unbranched alkanes of at least 4 members (excludes halogenated alkanes) is 4. The van der Waals surface area contributed by atoms with E-state index in [0.717, 1.165) is 25.8 Å². The van der Waals surface area contributed by atoms with E-state index in [0.29, 0.717) is 6.54 Å². The Hall–Kier alpha value is -0.440. The van der Waals surface area contributed by atoms with Crippen LogP contribution >= 0.6 is 0 Å². The molecule has 3 heteroatoms. The predicted octanol–water partition coefficient (Wildman–Crippen LogP) is 1.66. The molecular formula is C7H16N2O. The maximum Gasteiger partial charge on any atom is 0.0811 e. The Morgan fingerprint density at radius 3 is 2.20 bits per heavy atom. The summed E-state index contributed by atoms with van der Waals surface area (Å²) >= 11 is 0. The molecule has 3 nitrogen and oxygen atoms in total. The lowest BCUT2D eigenvalue weighted by Crippen LogP contribution is -1.97. The highest BCUT2D eigenvalue weighted by atomic mass is 16.3. The van der Waals surface area contributed by atoms with Crippen molar-refractivity contribution in [3.05, 3.63) is 4.91 Å². The molecule has 0 aromatic heterocycles. The standard InChI is InChI=1S/C7H16N2O/c8-6-4-2-1-3-5-7-9-10/h1-8H2. The summed E-state index contributed by atoms with van der Waals surface area (Å²) in [4.78, 5) is 9.62. The maximum atomic E-state index is 9.62. The van der Waals surface area contributed by atoms with Gasteiger partial charge in [0.05, 0.1) is 6.54 Å². The van der Waals surface area contributed by atoms with E-state index >= 15 is 0 Å². The molecule has 10 heavy (non-hydrogen) atoms. The summed E-state index contributed by atoms with van der Waals surface area (Å²) in [5.74, 6) is 0. The first-order valence-electron chi connectivity index (χ1n) is 3.91. The molecule has 0 aliphatic rings. The molecule has 2 N–H and O–H groups in total. The molecule has 0 aromatic rings. The molecule has 0 rings (SSSR count). The van der Waals surface area contributed by atoms with Crippen molar-refractivity contribution in [3.8, 4) is 0 Å². The third-order valence-corrected chi connectivity index (χ3v) is 1.45. The van der Waals surface area contributed by atoms with Crippen molar-refractivity contribution in [3.63, 3.8) is 0 Å². The first kappa shape index (κ1) is 9.56. The zero-order valence-electron chi connectivity index (χ0n) is 6.38. The number of nitrogens with zero attached hydrogens (tertiary/aromatic N) is 1. The van der Waals surface area contributed by atoms with E-state index in [9.17, 15) is 4.91 Å². The van der Waals surface area contributed by atoms with Crippen molar-refractivity contribution >= 4 is 0 Å². The highest BCUT2D eigenvalue weighted by Crippen LogP contribution is 2.01. The third kappa shape index (κ3) is 7.56. The van der Waals surface area contributed by atoms with Crippen LogP contribution in [0.2, 0.25) is 0 Å². The molecular weight excluding hydrogens is 128 g/mol. The van der Waals surface area contributed by atoms with Gasteiger partial charge in [0.2, 0.25) is 0 Å². The molecule has 0 amide bonds. The molecule has 0 saturated carbocycles. The molecule has 0 bridgehead atoms. The summed E-state index contributed by atoms with van der Waals surface area (Å²) in [6, 6.07) is 0. The van der Waals surface area contributed by atoms with Gasteiger partial charge >= 0.3 is 0 Å². The van der Waals surface area contributed by atoms with Crippen LogP contribution < -0.4 is 5.73 Å². The predicted molar refractivity (Wildman–Crippen MR) is 42.8 cm³/mol. The number of hydrogen-bond donors (Lipinski definition) is 1. The first-order chi connectivity index (χ1) is 4.91. The van der Waals surface area contributed by atoms with Crippen LogP contribution in [0.25, 0.3) is 0 Å². The van der Waals surface area contributed by atoms with Crippen molar-refractivity contribution in [2.75, 3.05) is 13.1 Å². The zero-order chi connectivity index (χ0) is 7.66. The zero-order valence-corrected chi connectivity index (χ0v) is 6.38. The van der Waals surface area contributed by atoms with Crippen LogP contribution in [-0.4, -0.2) is 13.1 Å². The summed E-state index contributed by atoms with van der Waals surface area (Å²) in [5.41, 5.74) is 5.30. The van der Waals surface area contributed by atoms with Crippen LogP contribution in [0, 0.1) is 4.91 Å². The van der Waals surface area contributed by atoms with Gasteiger partial charge in [-0.15, -0.1) is 0 Å². The number of hydrogen-bond acceptors (Lipinski definition) is 3. The summed E-state index contributed by atoms with van der Waals surface area (Å²) in [5, 5.41) is 2.78. The number of nitroso groups, excluding NO2 is 1. The fraction of sp³-hybridized carbons (Fsp3) is 1.00. The van der Waals surface area contributed by atoms with Gasteiger partial charge in [-0.1, -0.05) is 24.4 Å². The molecule has 0 atom stereocenters. The summed E-state index contributed by atoms with van der Waals surface area (Å²) in [7, 11) is 0. The Balaban J connectivity index is 2.70. The Kier molecular flexibility index (Phi) is 8.18. The third-order valence-electron chi connectivity index (χ3n) is 1.45. The average Bonchev–Trinajstić information content (AvgIpc) is 1.97. The van der Waals surface area contributed by atoms with Crippen LogP contribution in [-0.2, 0) is 0 Å². The Morgan fingerprint density at radius 1 is 1.00 bits per heavy atom. The van der Waals surface area contributed by atoms with Gasteiger partial charge in [0, 0.05) is 0 Å². The average molecular weight is 144 g/mol. The molecule has 0 fully saturated rings. The van der Waals surface area contributed by atoms with Gasteiger partial charge < -0.3 is 5.73 Å². The van der Waals surface area contributed by atoms with Crippen LogP contribution in [0.4, 0.5) is 0 Å². The molecule has 0 aromatic carbocycles. The van der Waals surface area contributed by atoms with Crippen LogP contribution in [0.1, 0.15) is 32.1 Å². The van der Waals surface area contributed by atoms with E-state index < -0.39 is 0 Å². The highest BCUT2D eigenvalue weighted by molar-refractivity contribution is 4.46. The molecule has 0 radical (unpaired) electrons. The second kappa shape index (κ2) is 8.56. The van der Waals surface area contributed by atoms with Gasteiger partial charge in [-0.25, -0.2) is 0 Å². The Morgan fingerprint density at radius 2 is 1.60 bits per heavy atom. The monoisotopic (exact) mass is 144 g/mol. The molecule has 0 unspecified atom stereocenters. The van der Waals surface area contributed by atoms with E-state index in [4.69, 9.17) is 5.73 Å². The van der Waals surface area contributed by atoms with Gasteiger partial charge in [-0.05, 0) is 19.4 Å². The van der Waals surface area contributed by atoms with Crippen molar-refractivity contribution in [1.29, 1.82) is 0 Å². The van der Waals surface area contributed by atoms with Crippen molar-refractivity contribution in [2.45, 2.75) is 32.1 Å². The number of rotatable bonds is 7. The second-order valence-corrected chi connectivity index (χ2v) is 2.41. The summed E-state index contributed by atoms with van der Waals surface area (Å²) < 4.78 is 0. The molecule has 0 heterocycles. The quantitative estimate of drug-likeness (QED) is 0.436. The Bertz CT molecular complexity index is 76.0. The molecule has 0 aliphatic carbocycles. The van der Waals surface area contributed by atoms with Crippen LogP contribution in [0.15, 0.2) is 5.18 Å². The fourth-order valence-electron chi connectivity index (χ4n) is 0.851. The van der Waals surface area contributed by atoms with E-state index in [1.165, 1.54) is 12.8 Å². The second-order valence-electron chi connectivity index (χ2n) is 2.41. The molecule has 0 aliphatic heterocycles. The topological polar surface area (TPSA) is 55.4 Å². The van der Waals surface area contributed by atoms with E-state index in [1.54, 1.807) is 0 Å². The minimum atomic E-state index is 0.475. The molecule has 0 saturated heterocycles. The van der Waals surface area contributed by atoms with Crippen molar-refractivity contribution < 1.29 is 0 Å². The fourth-order valence-corrected chi connectivity index (χ4v) is 0.851. The van der Waals surface area contributed by atoms with Gasteiger partial charge in [0.25, 0.3) is 0 Å². The lowest BCUT2D eigenvalue weighted by molar-refractivity contribution is 0.623. The van der Waals surface area contributed by atoms with Crippen molar-refractivity contribution in [2.24, 2.45) is 10.9 Å². The van der Waals surface area contributed by atoms with Gasteiger partial charge in [0.15, 0.2) is 0 Å². The first-order valence-corrected chi connectivity index (χ1v) is 3.91. The Labute approximate surface area is 62.0 Å². The molecule has 0 spiro atoms. The summed E-state index contributed by atoms with van der Waals surface area (Å²) in [6.45, 7) is 1.26. The minimum absolute atomic E-state index is 0.475. The summed E-state index contributed by atoms with van der Waals surface area (Å²) in [6.07, 6.45) is 5.54. The van der Waals surface area contributed by atoms with Gasteiger partial charge in [0.1, 0.15) is 0 Å². The largest absolute Gasteiger partial charge is 0.330 e. The number of nitrogens with two attached hydrogens (primary N) is 1.